The summed E-state index contributed by atoms with van der Waals surface area (Å²) in [6.07, 6.45) is -1.21. The molecule has 132 valence electrons. The number of rotatable bonds is 6. The summed E-state index contributed by atoms with van der Waals surface area (Å²) in [6, 6.07) is 13.1. The Labute approximate surface area is 145 Å². The van der Waals surface area contributed by atoms with Crippen LogP contribution >= 0.6 is 0 Å². The minimum atomic E-state index is -3.94. The Morgan fingerprint density at radius 1 is 1.12 bits per heavy atom. The standard InChI is InChI=1S/C18H18O6S/c1-12-3-6-15(7-4-12)25(20,21)23-11-16(19)18-10-13-9-14(22-2)5-8-17(13)24-18/h3-10,16,19H,11H2,1-2H3/t16-/m1/s1. The number of hydrogen-bond acceptors (Lipinski definition) is 6. The van der Waals surface area contributed by atoms with Gasteiger partial charge in [0.2, 0.25) is 0 Å². The number of aliphatic hydroxyl groups excluding tert-OH is 1. The topological polar surface area (TPSA) is 86.0 Å². The Hall–Kier alpha value is -2.35. The SMILES string of the molecule is COc1ccc2oc([C@H](O)COS(=O)(=O)c3ccc(C)cc3)cc2c1. The molecule has 0 aliphatic carbocycles. The highest BCUT2D eigenvalue weighted by molar-refractivity contribution is 7.86. The molecule has 3 aromatic rings. The molecule has 2 aromatic carbocycles. The number of aliphatic hydroxyl groups is 1. The van der Waals surface area contributed by atoms with Gasteiger partial charge in [-0.25, -0.2) is 0 Å². The fourth-order valence-electron chi connectivity index (χ4n) is 2.34. The molecule has 1 heterocycles. The van der Waals surface area contributed by atoms with Crippen LogP contribution in [-0.4, -0.2) is 27.2 Å². The van der Waals surface area contributed by atoms with Crippen molar-refractivity contribution in [2.24, 2.45) is 0 Å². The van der Waals surface area contributed by atoms with Crippen LogP contribution in [0.4, 0.5) is 0 Å². The first kappa shape index (κ1) is 17.5. The van der Waals surface area contributed by atoms with Crippen LogP contribution in [-0.2, 0) is 14.3 Å². The minimum Gasteiger partial charge on any atom is -0.497 e. The lowest BCUT2D eigenvalue weighted by atomic mass is 10.2. The monoisotopic (exact) mass is 362 g/mol. The predicted molar refractivity (Wildman–Crippen MR) is 92.0 cm³/mol. The number of benzene rings is 2. The largest absolute Gasteiger partial charge is 0.497 e. The van der Waals surface area contributed by atoms with Crippen LogP contribution in [0.15, 0.2) is 57.8 Å². The van der Waals surface area contributed by atoms with Crippen LogP contribution < -0.4 is 4.74 Å². The van der Waals surface area contributed by atoms with E-state index >= 15 is 0 Å². The first-order valence-electron chi connectivity index (χ1n) is 7.61. The normalized spacial score (nSPS) is 13.1. The van der Waals surface area contributed by atoms with E-state index in [0.717, 1.165) is 10.9 Å². The molecule has 0 amide bonds. The van der Waals surface area contributed by atoms with Gasteiger partial charge < -0.3 is 14.3 Å². The van der Waals surface area contributed by atoms with E-state index in [2.05, 4.69) is 0 Å². The molecule has 0 aliphatic heterocycles. The summed E-state index contributed by atoms with van der Waals surface area (Å²) in [5.74, 6) is 0.884. The fraction of sp³-hybridized carbons (Fsp3) is 0.222. The van der Waals surface area contributed by atoms with Gasteiger partial charge in [-0.15, -0.1) is 0 Å². The maximum Gasteiger partial charge on any atom is 0.297 e. The van der Waals surface area contributed by atoms with E-state index in [1.807, 2.05) is 6.92 Å². The van der Waals surface area contributed by atoms with Gasteiger partial charge in [-0.1, -0.05) is 17.7 Å². The van der Waals surface area contributed by atoms with E-state index in [-0.39, 0.29) is 10.7 Å². The molecule has 0 bridgehead atoms. The Bertz CT molecular complexity index is 972. The molecule has 0 radical (unpaired) electrons. The zero-order chi connectivity index (χ0) is 18.0. The summed E-state index contributed by atoms with van der Waals surface area (Å²) in [4.78, 5) is 0.0413. The Morgan fingerprint density at radius 3 is 2.52 bits per heavy atom. The highest BCUT2D eigenvalue weighted by Gasteiger charge is 2.20. The molecule has 0 fully saturated rings. The average Bonchev–Trinajstić information content (AvgIpc) is 3.03. The van der Waals surface area contributed by atoms with Gasteiger partial charge in [0.05, 0.1) is 18.6 Å². The molecule has 1 N–H and O–H groups in total. The van der Waals surface area contributed by atoms with Gasteiger partial charge in [0, 0.05) is 5.39 Å². The lowest BCUT2D eigenvalue weighted by Crippen LogP contribution is -2.13. The third-order valence-electron chi connectivity index (χ3n) is 3.76. The second-order valence-electron chi connectivity index (χ2n) is 5.62. The Morgan fingerprint density at radius 2 is 1.84 bits per heavy atom. The highest BCUT2D eigenvalue weighted by atomic mass is 32.2. The highest BCUT2D eigenvalue weighted by Crippen LogP contribution is 2.28. The summed E-state index contributed by atoms with van der Waals surface area (Å²) >= 11 is 0. The summed E-state index contributed by atoms with van der Waals surface area (Å²) in [6.45, 7) is 1.42. The smallest absolute Gasteiger partial charge is 0.297 e. The maximum atomic E-state index is 12.2. The third-order valence-corrected chi connectivity index (χ3v) is 5.06. The van der Waals surface area contributed by atoms with Gasteiger partial charge in [0.1, 0.15) is 23.2 Å². The molecule has 3 rings (SSSR count). The maximum absolute atomic E-state index is 12.2. The van der Waals surface area contributed by atoms with Crippen molar-refractivity contribution in [3.05, 3.63) is 59.9 Å². The van der Waals surface area contributed by atoms with Crippen molar-refractivity contribution in [1.82, 2.24) is 0 Å². The summed E-state index contributed by atoms with van der Waals surface area (Å²) < 4.78 is 39.9. The first-order chi connectivity index (χ1) is 11.9. The van der Waals surface area contributed by atoms with Crippen molar-refractivity contribution < 1.29 is 26.9 Å². The quantitative estimate of drug-likeness (QED) is 0.678. The van der Waals surface area contributed by atoms with Gasteiger partial charge in [-0.2, -0.15) is 8.42 Å². The second kappa shape index (κ2) is 6.87. The van der Waals surface area contributed by atoms with E-state index < -0.39 is 22.8 Å². The number of furan rings is 1. The number of ether oxygens (including phenoxy) is 1. The first-order valence-corrected chi connectivity index (χ1v) is 9.01. The summed E-state index contributed by atoms with van der Waals surface area (Å²) in [5.41, 5.74) is 1.51. The molecule has 0 unspecified atom stereocenters. The van der Waals surface area contributed by atoms with Crippen molar-refractivity contribution in [2.45, 2.75) is 17.9 Å². The minimum absolute atomic E-state index is 0.0413. The van der Waals surface area contributed by atoms with Crippen LogP contribution in [0.1, 0.15) is 17.4 Å². The van der Waals surface area contributed by atoms with Gasteiger partial charge in [-0.3, -0.25) is 4.18 Å². The molecule has 1 atom stereocenters. The number of fused-ring (bicyclic) bond motifs is 1. The molecular formula is C18H18O6S. The summed E-state index contributed by atoms with van der Waals surface area (Å²) in [5, 5.41) is 10.9. The average molecular weight is 362 g/mol. The van der Waals surface area contributed by atoms with Crippen LogP contribution in [0.2, 0.25) is 0 Å². The van der Waals surface area contributed by atoms with Crippen LogP contribution in [0, 0.1) is 6.92 Å². The molecule has 6 nitrogen and oxygen atoms in total. The van der Waals surface area contributed by atoms with E-state index in [1.54, 1.807) is 43.5 Å². The molecular weight excluding hydrogens is 344 g/mol. The molecule has 0 aliphatic rings. The van der Waals surface area contributed by atoms with Crippen molar-refractivity contribution in [1.29, 1.82) is 0 Å². The van der Waals surface area contributed by atoms with Crippen molar-refractivity contribution >= 4 is 21.1 Å². The zero-order valence-corrected chi connectivity index (χ0v) is 14.6. The fourth-order valence-corrected chi connectivity index (χ4v) is 3.26. The summed E-state index contributed by atoms with van der Waals surface area (Å²) in [7, 11) is -2.39. The van der Waals surface area contributed by atoms with E-state index in [9.17, 15) is 13.5 Å². The van der Waals surface area contributed by atoms with Crippen LogP contribution in [0.3, 0.4) is 0 Å². The molecule has 0 saturated carbocycles. The predicted octanol–water partition coefficient (Wildman–Crippen LogP) is 3.19. The third kappa shape index (κ3) is 3.84. The number of aryl methyl sites for hydroxylation is 1. The molecule has 25 heavy (non-hydrogen) atoms. The van der Waals surface area contributed by atoms with Crippen LogP contribution in [0.25, 0.3) is 11.0 Å². The second-order valence-corrected chi connectivity index (χ2v) is 7.24. The van der Waals surface area contributed by atoms with Crippen LogP contribution in [0.5, 0.6) is 5.75 Å². The van der Waals surface area contributed by atoms with Gasteiger partial charge in [0.25, 0.3) is 10.1 Å². The molecule has 0 saturated heterocycles. The van der Waals surface area contributed by atoms with E-state index in [4.69, 9.17) is 13.3 Å². The van der Waals surface area contributed by atoms with Crippen molar-refractivity contribution in [3.8, 4) is 5.75 Å². The Kier molecular flexibility index (Phi) is 4.80. The lowest BCUT2D eigenvalue weighted by Gasteiger charge is -2.09. The number of methoxy groups -OCH3 is 1. The zero-order valence-electron chi connectivity index (χ0n) is 13.8. The van der Waals surface area contributed by atoms with E-state index in [1.165, 1.54) is 12.1 Å². The van der Waals surface area contributed by atoms with Crippen molar-refractivity contribution in [3.63, 3.8) is 0 Å². The molecule has 0 spiro atoms. The number of hydrogen-bond donors (Lipinski definition) is 1. The lowest BCUT2D eigenvalue weighted by molar-refractivity contribution is 0.0932. The van der Waals surface area contributed by atoms with Gasteiger partial charge in [-0.05, 0) is 43.3 Å². The molecule has 7 heteroatoms. The van der Waals surface area contributed by atoms with Gasteiger partial charge in [0.15, 0.2) is 0 Å². The Balaban J connectivity index is 1.73. The van der Waals surface area contributed by atoms with Gasteiger partial charge >= 0.3 is 0 Å². The molecule has 1 aromatic heterocycles. The van der Waals surface area contributed by atoms with Crippen molar-refractivity contribution in [2.75, 3.05) is 13.7 Å². The van der Waals surface area contributed by atoms with E-state index in [0.29, 0.717) is 11.3 Å².